The minimum absolute atomic E-state index is 0.0571. The largest absolute Gasteiger partial charge is 0.388 e. The minimum Gasteiger partial charge on any atom is -0.388 e. The highest BCUT2D eigenvalue weighted by Crippen LogP contribution is 2.33. The number of anilines is 2. The first kappa shape index (κ1) is 18.3. The van der Waals surface area contributed by atoms with Crippen LogP contribution in [0.15, 0.2) is 48.0 Å². The second kappa shape index (κ2) is 7.50. The predicted octanol–water partition coefficient (Wildman–Crippen LogP) is 2.09. The van der Waals surface area contributed by atoms with Gasteiger partial charge in [-0.2, -0.15) is 0 Å². The summed E-state index contributed by atoms with van der Waals surface area (Å²) >= 11 is 0. The van der Waals surface area contributed by atoms with Gasteiger partial charge >= 0.3 is 0 Å². The summed E-state index contributed by atoms with van der Waals surface area (Å²) in [6.45, 7) is 5.64. The third kappa shape index (κ3) is 3.65. The Morgan fingerprint density at radius 3 is 2.89 bits per heavy atom. The molecule has 1 aliphatic heterocycles. The molecule has 0 unspecified atom stereocenters. The number of pyridine rings is 2. The predicted molar refractivity (Wildman–Crippen MR) is 110 cm³/mol. The number of likely N-dealkylation sites (tertiary alicyclic amines) is 1. The van der Waals surface area contributed by atoms with Gasteiger partial charge in [0.1, 0.15) is 5.69 Å². The van der Waals surface area contributed by atoms with Crippen molar-refractivity contribution in [2.45, 2.75) is 18.9 Å². The third-order valence-electron chi connectivity index (χ3n) is 5.48. The smallest absolute Gasteiger partial charge is 0.271 e. The fraction of sp³-hybridized carbons (Fsp3) is 0.381. The number of amides is 1. The Morgan fingerprint density at radius 2 is 2.21 bits per heavy atom. The highest BCUT2D eigenvalue weighted by Gasteiger charge is 2.37. The van der Waals surface area contributed by atoms with Crippen molar-refractivity contribution in [3.05, 3.63) is 53.6 Å². The van der Waals surface area contributed by atoms with Crippen molar-refractivity contribution in [2.75, 3.05) is 36.9 Å². The SMILES string of the molecule is C=CC(=O)N1CC(N(CC2CC2)c2cc(-c3cc(NC)ccn3)c[nH]c2=O)C1. The zero-order valence-electron chi connectivity index (χ0n) is 16.0. The van der Waals surface area contributed by atoms with E-state index in [2.05, 4.69) is 26.8 Å². The number of aromatic amines is 1. The summed E-state index contributed by atoms with van der Waals surface area (Å²) in [5.74, 6) is 0.566. The molecule has 28 heavy (non-hydrogen) atoms. The Hall–Kier alpha value is -3.09. The second-order valence-electron chi connectivity index (χ2n) is 7.48. The molecule has 1 saturated carbocycles. The van der Waals surface area contributed by atoms with Gasteiger partial charge in [0.25, 0.3) is 5.56 Å². The summed E-state index contributed by atoms with van der Waals surface area (Å²) in [5, 5.41) is 3.11. The maximum atomic E-state index is 12.7. The van der Waals surface area contributed by atoms with Gasteiger partial charge in [-0.15, -0.1) is 0 Å². The Balaban J connectivity index is 1.63. The number of nitrogens with one attached hydrogen (secondary N) is 2. The molecule has 1 amide bonds. The zero-order chi connectivity index (χ0) is 19.7. The quantitative estimate of drug-likeness (QED) is 0.720. The Labute approximate surface area is 164 Å². The monoisotopic (exact) mass is 379 g/mol. The lowest BCUT2D eigenvalue weighted by atomic mass is 10.0. The van der Waals surface area contributed by atoms with E-state index in [9.17, 15) is 9.59 Å². The van der Waals surface area contributed by atoms with Gasteiger partial charge < -0.3 is 20.1 Å². The van der Waals surface area contributed by atoms with Crippen LogP contribution < -0.4 is 15.8 Å². The summed E-state index contributed by atoms with van der Waals surface area (Å²) in [4.78, 5) is 35.7. The summed E-state index contributed by atoms with van der Waals surface area (Å²) in [5.41, 5.74) is 3.17. The molecule has 1 saturated heterocycles. The average molecular weight is 379 g/mol. The van der Waals surface area contributed by atoms with Gasteiger partial charge in [0.15, 0.2) is 0 Å². The molecule has 3 heterocycles. The topological polar surface area (TPSA) is 81.3 Å². The van der Waals surface area contributed by atoms with Crippen molar-refractivity contribution in [1.82, 2.24) is 14.9 Å². The molecule has 2 aromatic heterocycles. The minimum atomic E-state index is -0.109. The van der Waals surface area contributed by atoms with E-state index >= 15 is 0 Å². The molecule has 2 fully saturated rings. The Morgan fingerprint density at radius 1 is 1.43 bits per heavy atom. The number of H-pyrrole nitrogens is 1. The van der Waals surface area contributed by atoms with Gasteiger partial charge in [-0.1, -0.05) is 6.58 Å². The van der Waals surface area contributed by atoms with Gasteiger partial charge in [-0.05, 0) is 43.0 Å². The number of hydrogen-bond acceptors (Lipinski definition) is 5. The van der Waals surface area contributed by atoms with E-state index in [1.165, 1.54) is 18.9 Å². The lowest BCUT2D eigenvalue weighted by Gasteiger charge is -2.46. The van der Waals surface area contributed by atoms with Crippen molar-refractivity contribution in [3.63, 3.8) is 0 Å². The van der Waals surface area contributed by atoms with Crippen LogP contribution in [0, 0.1) is 5.92 Å². The molecule has 2 N–H and O–H groups in total. The van der Waals surface area contributed by atoms with E-state index < -0.39 is 0 Å². The van der Waals surface area contributed by atoms with Crippen molar-refractivity contribution < 1.29 is 4.79 Å². The zero-order valence-corrected chi connectivity index (χ0v) is 16.0. The number of rotatable bonds is 7. The van der Waals surface area contributed by atoms with Crippen molar-refractivity contribution >= 4 is 17.3 Å². The lowest BCUT2D eigenvalue weighted by Crippen LogP contribution is -2.62. The van der Waals surface area contributed by atoms with Crippen molar-refractivity contribution in [2.24, 2.45) is 5.92 Å². The van der Waals surface area contributed by atoms with Gasteiger partial charge in [-0.3, -0.25) is 14.6 Å². The summed E-state index contributed by atoms with van der Waals surface area (Å²) in [6.07, 6.45) is 7.19. The Bertz CT molecular complexity index is 944. The standard InChI is InChI=1S/C21H25N5O2/c1-3-20(27)25-12-17(13-25)26(11-14-4-5-14)19-8-15(10-24-21(19)28)18-9-16(22-2)6-7-23-18/h3,6-10,14,17H,1,4-5,11-13H2,2H3,(H,22,23)(H,24,28). The molecule has 7 heteroatoms. The van der Waals surface area contributed by atoms with Crippen LogP contribution in [0.2, 0.25) is 0 Å². The van der Waals surface area contributed by atoms with Crippen LogP contribution in [0.25, 0.3) is 11.3 Å². The van der Waals surface area contributed by atoms with Gasteiger partial charge in [0.05, 0.1) is 11.7 Å². The molecule has 146 valence electrons. The van der Waals surface area contributed by atoms with E-state index in [-0.39, 0.29) is 17.5 Å². The van der Waals surface area contributed by atoms with E-state index in [4.69, 9.17) is 0 Å². The maximum absolute atomic E-state index is 12.7. The average Bonchev–Trinajstić information content (AvgIpc) is 3.50. The number of carbonyl (C=O) groups excluding carboxylic acids is 1. The molecule has 0 aromatic carbocycles. The normalized spacial score (nSPS) is 16.4. The van der Waals surface area contributed by atoms with Crippen LogP contribution in [0.1, 0.15) is 12.8 Å². The Kier molecular flexibility index (Phi) is 4.90. The van der Waals surface area contributed by atoms with Crippen LogP contribution >= 0.6 is 0 Å². The highest BCUT2D eigenvalue weighted by molar-refractivity contribution is 5.88. The van der Waals surface area contributed by atoms with Gasteiger partial charge in [0.2, 0.25) is 5.91 Å². The van der Waals surface area contributed by atoms with Crippen LogP contribution in [0.3, 0.4) is 0 Å². The molecule has 2 aromatic rings. The lowest BCUT2D eigenvalue weighted by molar-refractivity contribution is -0.130. The third-order valence-corrected chi connectivity index (χ3v) is 5.48. The number of carbonyl (C=O) groups is 1. The van der Waals surface area contributed by atoms with E-state index in [1.807, 2.05) is 25.2 Å². The molecule has 0 atom stereocenters. The fourth-order valence-corrected chi connectivity index (χ4v) is 3.56. The summed E-state index contributed by atoms with van der Waals surface area (Å²) in [7, 11) is 1.86. The highest BCUT2D eigenvalue weighted by atomic mass is 16.2. The molecule has 7 nitrogen and oxygen atoms in total. The molecule has 0 radical (unpaired) electrons. The number of hydrogen-bond donors (Lipinski definition) is 2. The first-order valence-electron chi connectivity index (χ1n) is 9.64. The maximum Gasteiger partial charge on any atom is 0.271 e. The molecular weight excluding hydrogens is 354 g/mol. The van der Waals surface area contributed by atoms with Crippen molar-refractivity contribution in [3.8, 4) is 11.3 Å². The fourth-order valence-electron chi connectivity index (χ4n) is 3.56. The van der Waals surface area contributed by atoms with E-state index in [1.54, 1.807) is 17.3 Å². The molecule has 2 aliphatic rings. The van der Waals surface area contributed by atoms with Crippen LogP contribution in [-0.2, 0) is 4.79 Å². The first-order valence-corrected chi connectivity index (χ1v) is 9.64. The van der Waals surface area contributed by atoms with Crippen LogP contribution in [0.4, 0.5) is 11.4 Å². The van der Waals surface area contributed by atoms with Gasteiger partial charge in [-0.25, -0.2) is 0 Å². The summed E-state index contributed by atoms with van der Waals surface area (Å²) < 4.78 is 0. The number of aromatic nitrogens is 2. The van der Waals surface area contributed by atoms with Crippen molar-refractivity contribution in [1.29, 1.82) is 0 Å². The molecule has 4 rings (SSSR count). The van der Waals surface area contributed by atoms with Gasteiger partial charge in [0, 0.05) is 50.3 Å². The molecular formula is C21H25N5O2. The number of nitrogens with zero attached hydrogens (tertiary/aromatic N) is 3. The van der Waals surface area contributed by atoms with Crippen LogP contribution in [-0.4, -0.2) is 53.5 Å². The molecule has 0 spiro atoms. The van der Waals surface area contributed by atoms with E-state index in [0.29, 0.717) is 24.7 Å². The van der Waals surface area contributed by atoms with Crippen LogP contribution in [0.5, 0.6) is 0 Å². The van der Waals surface area contributed by atoms with E-state index in [0.717, 1.165) is 23.5 Å². The first-order chi connectivity index (χ1) is 13.6. The molecule has 0 bridgehead atoms. The second-order valence-corrected chi connectivity index (χ2v) is 7.48. The summed E-state index contributed by atoms with van der Waals surface area (Å²) in [6, 6.07) is 5.92. The molecule has 1 aliphatic carbocycles.